The summed E-state index contributed by atoms with van der Waals surface area (Å²) >= 11 is 0. The molecule has 38 heavy (non-hydrogen) atoms. The summed E-state index contributed by atoms with van der Waals surface area (Å²) in [6.45, 7) is 6.26. The minimum Gasteiger partial charge on any atom is -0.419 e. The van der Waals surface area contributed by atoms with Crippen LogP contribution in [0.2, 0.25) is 0 Å². The van der Waals surface area contributed by atoms with Gasteiger partial charge in [-0.25, -0.2) is 0 Å². The Morgan fingerprint density at radius 3 is 1.26 bits per heavy atom. The van der Waals surface area contributed by atoms with Crippen LogP contribution in [-0.2, 0) is 6.66 Å². The van der Waals surface area contributed by atoms with E-state index in [2.05, 4.69) is 123 Å². The van der Waals surface area contributed by atoms with Crippen LogP contribution < -0.4 is 0 Å². The van der Waals surface area contributed by atoms with Crippen LogP contribution in [0.5, 0.6) is 0 Å². The molecular formula is C35H27O2P. The van der Waals surface area contributed by atoms with Crippen LogP contribution in [0.4, 0.5) is 0 Å². The van der Waals surface area contributed by atoms with Crippen LogP contribution >= 0.6 is 8.01 Å². The highest BCUT2D eigenvalue weighted by atomic mass is 31.1. The highest BCUT2D eigenvalue weighted by Crippen LogP contribution is 2.41. The first-order valence-electron chi connectivity index (χ1n) is 12.9. The fourth-order valence-electron chi connectivity index (χ4n) is 5.43. The third-order valence-electron chi connectivity index (χ3n) is 7.44. The maximum absolute atomic E-state index is 6.37. The summed E-state index contributed by atoms with van der Waals surface area (Å²) in [6.07, 6.45) is 0. The fourth-order valence-corrected chi connectivity index (χ4v) is 6.33. The largest absolute Gasteiger partial charge is 0.419 e. The highest BCUT2D eigenvalue weighted by molar-refractivity contribution is 7.35. The molecule has 0 aliphatic rings. The average Bonchev–Trinajstić information content (AvgIpc) is 3.08. The molecule has 1 aromatic heterocycles. The Balaban J connectivity index is 1.53. The van der Waals surface area contributed by atoms with Gasteiger partial charge in [-0.05, 0) is 81.9 Å². The molecule has 0 amide bonds. The van der Waals surface area contributed by atoms with Gasteiger partial charge in [0, 0.05) is 17.4 Å². The van der Waals surface area contributed by atoms with Gasteiger partial charge in [0.05, 0.1) is 0 Å². The lowest BCUT2D eigenvalue weighted by atomic mass is 9.94. The van der Waals surface area contributed by atoms with E-state index in [-0.39, 0.29) is 0 Å². The number of hydrogen-bond donors (Lipinski definition) is 0. The summed E-state index contributed by atoms with van der Waals surface area (Å²) in [4.78, 5) is 0. The van der Waals surface area contributed by atoms with Crippen molar-refractivity contribution in [3.8, 4) is 22.3 Å². The summed E-state index contributed by atoms with van der Waals surface area (Å²) in [6, 6.07) is 39.4. The number of fused-ring (bicyclic) bond motifs is 7. The molecule has 3 heteroatoms. The van der Waals surface area contributed by atoms with E-state index < -0.39 is 8.01 Å². The van der Waals surface area contributed by atoms with Gasteiger partial charge in [-0.2, -0.15) is 0 Å². The smallest absolute Gasteiger partial charge is 0.213 e. The molecule has 0 bridgehead atoms. The molecule has 0 N–H and O–H groups in total. The van der Waals surface area contributed by atoms with E-state index in [0.717, 1.165) is 21.9 Å². The van der Waals surface area contributed by atoms with E-state index in [1.54, 1.807) is 0 Å². The Bertz CT molecular complexity index is 1880. The van der Waals surface area contributed by atoms with Crippen LogP contribution in [0.25, 0.3) is 65.7 Å². The number of aryl methyl sites for hydroxylation is 3. The molecule has 0 spiro atoms. The lowest BCUT2D eigenvalue weighted by molar-refractivity contribution is 0.644. The molecule has 0 saturated heterocycles. The van der Waals surface area contributed by atoms with Gasteiger partial charge in [-0.3, -0.25) is 0 Å². The van der Waals surface area contributed by atoms with Crippen LogP contribution in [-0.4, -0.2) is 0 Å². The van der Waals surface area contributed by atoms with Crippen molar-refractivity contribution in [2.45, 2.75) is 13.8 Å². The van der Waals surface area contributed by atoms with Gasteiger partial charge in [-0.15, -0.1) is 0 Å². The zero-order chi connectivity index (χ0) is 25.8. The minimum atomic E-state index is -1.09. The van der Waals surface area contributed by atoms with E-state index in [1.807, 2.05) is 6.66 Å². The first-order chi connectivity index (χ1) is 18.5. The molecule has 2 nitrogen and oxygen atoms in total. The second-order valence-electron chi connectivity index (χ2n) is 10.1. The summed E-state index contributed by atoms with van der Waals surface area (Å²) in [5, 5.41) is 6.92. The van der Waals surface area contributed by atoms with Gasteiger partial charge in [0.15, 0.2) is 0 Å². The lowest BCUT2D eigenvalue weighted by Crippen LogP contribution is -1.84. The number of benzene rings is 6. The zero-order valence-electron chi connectivity index (χ0n) is 21.7. The van der Waals surface area contributed by atoms with Crippen molar-refractivity contribution in [1.29, 1.82) is 0 Å². The first-order valence-corrected chi connectivity index (χ1v) is 14.5. The summed E-state index contributed by atoms with van der Waals surface area (Å²) in [7, 11) is -1.09. The Morgan fingerprint density at radius 1 is 0.447 bits per heavy atom. The van der Waals surface area contributed by atoms with Crippen LogP contribution in [0.15, 0.2) is 118 Å². The average molecular weight is 511 g/mol. The van der Waals surface area contributed by atoms with Gasteiger partial charge in [0.2, 0.25) is 8.01 Å². The third kappa shape index (κ3) is 3.90. The highest BCUT2D eigenvalue weighted by Gasteiger charge is 2.13. The zero-order valence-corrected chi connectivity index (χ0v) is 22.6. The van der Waals surface area contributed by atoms with E-state index in [4.69, 9.17) is 8.39 Å². The predicted molar refractivity (Wildman–Crippen MR) is 163 cm³/mol. The Hall–Kier alpha value is -4.26. The van der Waals surface area contributed by atoms with Crippen molar-refractivity contribution < 1.29 is 8.39 Å². The van der Waals surface area contributed by atoms with Crippen LogP contribution in [0, 0.1) is 13.8 Å². The monoisotopic (exact) mass is 510 g/mol. The topological polar surface area (TPSA) is 26.3 Å². The molecule has 0 unspecified atom stereocenters. The van der Waals surface area contributed by atoms with E-state index in [1.165, 1.54) is 54.9 Å². The number of hydrogen-bond acceptors (Lipinski definition) is 2. The minimum absolute atomic E-state index is 0.878. The summed E-state index contributed by atoms with van der Waals surface area (Å²) in [5.41, 5.74) is 9.15. The van der Waals surface area contributed by atoms with Crippen LogP contribution in [0.1, 0.15) is 11.1 Å². The normalized spacial score (nSPS) is 11.6. The van der Waals surface area contributed by atoms with Gasteiger partial charge in [0.25, 0.3) is 0 Å². The molecule has 0 atom stereocenters. The molecule has 6 aromatic carbocycles. The van der Waals surface area contributed by atoms with Gasteiger partial charge < -0.3 is 8.39 Å². The standard InChI is InChI=1S/C35H27O2P/c1-22-4-8-24(9-5-22)26-12-16-30-28(20-26)14-18-32-34(30)35-31-17-13-27(25-10-6-23(2)7-11-25)21-29(31)15-19-33(35)37-38(3)36-32/h4-21H,1-3H3. The van der Waals surface area contributed by atoms with Crippen molar-refractivity contribution in [1.82, 2.24) is 0 Å². The van der Waals surface area contributed by atoms with Crippen molar-refractivity contribution in [3.63, 3.8) is 0 Å². The molecule has 0 saturated carbocycles. The molecular weight excluding hydrogens is 483 g/mol. The first kappa shape index (κ1) is 22.9. The van der Waals surface area contributed by atoms with Crippen molar-refractivity contribution in [2.75, 3.05) is 0 Å². The molecule has 7 aromatic rings. The van der Waals surface area contributed by atoms with Crippen LogP contribution in [0.3, 0.4) is 0 Å². The second kappa shape index (κ2) is 8.94. The molecule has 0 radical (unpaired) electrons. The van der Waals surface area contributed by atoms with Gasteiger partial charge >= 0.3 is 0 Å². The van der Waals surface area contributed by atoms with E-state index in [9.17, 15) is 0 Å². The van der Waals surface area contributed by atoms with Crippen molar-refractivity contribution >= 4 is 51.5 Å². The van der Waals surface area contributed by atoms with E-state index >= 15 is 0 Å². The maximum Gasteiger partial charge on any atom is 0.213 e. The molecule has 0 aliphatic heterocycles. The second-order valence-corrected chi connectivity index (χ2v) is 11.3. The predicted octanol–water partition coefficient (Wildman–Crippen LogP) is 11.1. The Labute approximate surface area is 222 Å². The Kier molecular flexibility index (Phi) is 5.39. The maximum atomic E-state index is 6.37. The fraction of sp³-hybridized carbons (Fsp3) is 0.0857. The quantitative estimate of drug-likeness (QED) is 0.231. The molecule has 0 aliphatic carbocycles. The summed E-state index contributed by atoms with van der Waals surface area (Å²) in [5.74, 6) is 0. The van der Waals surface area contributed by atoms with Gasteiger partial charge in [0.1, 0.15) is 11.2 Å². The van der Waals surface area contributed by atoms with E-state index in [0.29, 0.717) is 0 Å². The lowest BCUT2D eigenvalue weighted by Gasteiger charge is -2.09. The molecule has 184 valence electrons. The van der Waals surface area contributed by atoms with Gasteiger partial charge in [-0.1, -0.05) is 96.1 Å². The molecule has 7 rings (SSSR count). The third-order valence-corrected chi connectivity index (χ3v) is 8.34. The molecule has 0 fully saturated rings. The molecule has 1 heterocycles. The Morgan fingerprint density at radius 2 is 0.842 bits per heavy atom. The summed E-state index contributed by atoms with van der Waals surface area (Å²) < 4.78 is 12.7. The van der Waals surface area contributed by atoms with Crippen molar-refractivity contribution in [3.05, 3.63) is 120 Å². The number of rotatable bonds is 2. The SMILES string of the molecule is Cc1ccc(-c2ccc3c(ccc4op(C)oc5ccc6cc(-c7ccc(C)cc7)ccc6c5c43)c2)cc1. The van der Waals surface area contributed by atoms with Crippen molar-refractivity contribution in [2.24, 2.45) is 6.66 Å².